The molecule has 26 heavy (non-hydrogen) atoms. The van der Waals surface area contributed by atoms with Crippen molar-refractivity contribution in [3.8, 4) is 5.69 Å². The Kier molecular flexibility index (Phi) is 5.76. The molecular weight excluding hydrogens is 368 g/mol. The number of hydrogen-bond donors (Lipinski definition) is 1. The fraction of sp³-hybridized carbons (Fsp3) is 0.263. The molecule has 3 aromatic rings. The second kappa shape index (κ2) is 8.03. The Morgan fingerprint density at radius 2 is 1.96 bits per heavy atom. The van der Waals surface area contributed by atoms with Crippen LogP contribution in [0.1, 0.15) is 16.3 Å². The first kappa shape index (κ1) is 18.6. The highest BCUT2D eigenvalue weighted by molar-refractivity contribution is 7.16. The highest BCUT2D eigenvalue weighted by Crippen LogP contribution is 2.24. The lowest BCUT2D eigenvalue weighted by Crippen LogP contribution is -2.29. The summed E-state index contributed by atoms with van der Waals surface area (Å²) in [5, 5.41) is 7.56. The molecule has 0 unspecified atom stereocenters. The van der Waals surface area contributed by atoms with Crippen molar-refractivity contribution in [3.05, 3.63) is 63.1 Å². The zero-order chi connectivity index (χ0) is 18.7. The molecule has 0 aliphatic carbocycles. The first-order valence-corrected chi connectivity index (χ1v) is 9.47. The highest BCUT2D eigenvalue weighted by Gasteiger charge is 2.16. The average molecular weight is 389 g/mol. The van der Waals surface area contributed by atoms with Gasteiger partial charge >= 0.3 is 0 Å². The maximum Gasteiger partial charge on any atom is 0.238 e. The fourth-order valence-corrected chi connectivity index (χ4v) is 3.99. The zero-order valence-corrected chi connectivity index (χ0v) is 16.6. The molecule has 0 aliphatic heterocycles. The molecule has 0 saturated carbocycles. The number of likely N-dealkylation sites (N-methyl/N-ethyl adjacent to an activating group) is 1. The number of benzene rings is 1. The molecule has 0 spiro atoms. The van der Waals surface area contributed by atoms with Crippen molar-refractivity contribution in [1.29, 1.82) is 0 Å². The van der Waals surface area contributed by atoms with E-state index in [1.807, 2.05) is 72.9 Å². The number of nitrogens with zero attached hydrogens (tertiary/aromatic N) is 3. The van der Waals surface area contributed by atoms with Crippen LogP contribution in [0.2, 0.25) is 4.34 Å². The summed E-state index contributed by atoms with van der Waals surface area (Å²) in [4.78, 5) is 15.6. The largest absolute Gasteiger partial charge is 0.322 e. The van der Waals surface area contributed by atoms with Gasteiger partial charge in [-0.1, -0.05) is 29.8 Å². The lowest BCUT2D eigenvalue weighted by molar-refractivity contribution is -0.117. The molecule has 0 bridgehead atoms. The minimum absolute atomic E-state index is 0.0611. The first-order chi connectivity index (χ1) is 12.4. The van der Waals surface area contributed by atoms with E-state index in [-0.39, 0.29) is 5.91 Å². The number of carbonyl (C=O) groups is 1. The number of carbonyl (C=O) groups excluding carboxylic acids is 1. The summed E-state index contributed by atoms with van der Waals surface area (Å²) in [6.07, 6.45) is 0. The van der Waals surface area contributed by atoms with Gasteiger partial charge in [0, 0.05) is 11.4 Å². The highest BCUT2D eigenvalue weighted by atomic mass is 35.5. The van der Waals surface area contributed by atoms with E-state index in [0.717, 1.165) is 32.0 Å². The van der Waals surface area contributed by atoms with Gasteiger partial charge in [0.1, 0.15) is 0 Å². The van der Waals surface area contributed by atoms with Crippen molar-refractivity contribution < 1.29 is 4.79 Å². The number of rotatable bonds is 6. The molecule has 1 aromatic carbocycles. The summed E-state index contributed by atoms with van der Waals surface area (Å²) < 4.78 is 2.61. The topological polar surface area (TPSA) is 50.2 Å². The van der Waals surface area contributed by atoms with E-state index >= 15 is 0 Å². The van der Waals surface area contributed by atoms with Crippen molar-refractivity contribution in [3.63, 3.8) is 0 Å². The molecule has 0 aliphatic rings. The molecule has 3 rings (SSSR count). The van der Waals surface area contributed by atoms with E-state index in [4.69, 9.17) is 11.6 Å². The number of aromatic nitrogens is 2. The van der Waals surface area contributed by atoms with E-state index in [0.29, 0.717) is 13.1 Å². The smallest absolute Gasteiger partial charge is 0.238 e. The maximum absolute atomic E-state index is 12.5. The Labute approximate surface area is 162 Å². The van der Waals surface area contributed by atoms with Crippen molar-refractivity contribution in [2.24, 2.45) is 0 Å². The van der Waals surface area contributed by atoms with E-state index in [2.05, 4.69) is 10.4 Å². The van der Waals surface area contributed by atoms with E-state index in [9.17, 15) is 4.79 Å². The molecule has 2 aromatic heterocycles. The Bertz CT molecular complexity index is 904. The van der Waals surface area contributed by atoms with Gasteiger partial charge in [-0.05, 0) is 45.2 Å². The van der Waals surface area contributed by atoms with Crippen LogP contribution in [-0.2, 0) is 11.3 Å². The standard InChI is InChI=1S/C19H21ClN4OS/c1-13-19(14(2)24(22-13)15-7-5-4-6-8-15)21-18(25)12-23(3)11-16-9-10-17(20)26-16/h4-10H,11-12H2,1-3H3,(H,21,25). The van der Waals surface area contributed by atoms with Crippen LogP contribution < -0.4 is 5.32 Å². The van der Waals surface area contributed by atoms with Gasteiger partial charge in [0.25, 0.3) is 0 Å². The first-order valence-electron chi connectivity index (χ1n) is 8.28. The van der Waals surface area contributed by atoms with E-state index in [1.165, 1.54) is 11.3 Å². The number of nitrogens with one attached hydrogen (secondary N) is 1. The Morgan fingerprint density at radius 1 is 1.23 bits per heavy atom. The number of para-hydroxylation sites is 1. The summed E-state index contributed by atoms with van der Waals surface area (Å²) in [5.74, 6) is -0.0611. The Morgan fingerprint density at radius 3 is 2.62 bits per heavy atom. The lowest BCUT2D eigenvalue weighted by Gasteiger charge is -2.15. The molecule has 2 heterocycles. The number of anilines is 1. The van der Waals surface area contributed by atoms with Gasteiger partial charge in [0.2, 0.25) is 5.91 Å². The third-order valence-corrected chi connectivity index (χ3v) is 5.24. The monoisotopic (exact) mass is 388 g/mol. The van der Waals surface area contributed by atoms with Crippen LogP contribution in [0.25, 0.3) is 5.69 Å². The lowest BCUT2D eigenvalue weighted by atomic mass is 10.3. The normalized spacial score (nSPS) is 11.1. The maximum atomic E-state index is 12.5. The summed E-state index contributed by atoms with van der Waals surface area (Å²) in [7, 11) is 1.92. The summed E-state index contributed by atoms with van der Waals surface area (Å²) in [5.41, 5.74) is 3.45. The van der Waals surface area contributed by atoms with Crippen LogP contribution in [0.15, 0.2) is 42.5 Å². The number of amides is 1. The quantitative estimate of drug-likeness (QED) is 0.685. The predicted molar refractivity (Wildman–Crippen MR) is 107 cm³/mol. The summed E-state index contributed by atoms with van der Waals surface area (Å²) in [6, 6.07) is 13.7. The molecule has 1 amide bonds. The molecular formula is C19H21ClN4OS. The van der Waals surface area contributed by atoms with Crippen molar-refractivity contribution in [2.75, 3.05) is 18.9 Å². The molecule has 5 nitrogen and oxygen atoms in total. The van der Waals surface area contributed by atoms with Crippen LogP contribution in [0.3, 0.4) is 0 Å². The Balaban J connectivity index is 1.67. The molecule has 0 atom stereocenters. The number of hydrogen-bond acceptors (Lipinski definition) is 4. The third-order valence-electron chi connectivity index (χ3n) is 4.02. The summed E-state index contributed by atoms with van der Waals surface area (Å²) >= 11 is 7.49. The second-order valence-corrected chi connectivity index (χ2v) is 8.02. The molecule has 0 saturated heterocycles. The van der Waals surface area contributed by atoms with Crippen molar-refractivity contribution >= 4 is 34.5 Å². The number of thiophene rings is 1. The molecule has 0 radical (unpaired) electrons. The van der Waals surface area contributed by atoms with Crippen molar-refractivity contribution in [1.82, 2.24) is 14.7 Å². The van der Waals surface area contributed by atoms with Crippen LogP contribution >= 0.6 is 22.9 Å². The minimum atomic E-state index is -0.0611. The summed E-state index contributed by atoms with van der Waals surface area (Å²) in [6.45, 7) is 4.84. The minimum Gasteiger partial charge on any atom is -0.322 e. The van der Waals surface area contributed by atoms with Gasteiger partial charge in [-0.25, -0.2) is 4.68 Å². The SMILES string of the molecule is Cc1nn(-c2ccccc2)c(C)c1NC(=O)CN(C)Cc1ccc(Cl)s1. The van der Waals surface area contributed by atoms with Crippen LogP contribution in [0.4, 0.5) is 5.69 Å². The van der Waals surface area contributed by atoms with E-state index < -0.39 is 0 Å². The van der Waals surface area contributed by atoms with Gasteiger partial charge in [-0.2, -0.15) is 5.10 Å². The molecule has 136 valence electrons. The van der Waals surface area contributed by atoms with Crippen LogP contribution in [-0.4, -0.2) is 34.2 Å². The van der Waals surface area contributed by atoms with Crippen LogP contribution in [0.5, 0.6) is 0 Å². The van der Waals surface area contributed by atoms with Gasteiger partial charge in [0.05, 0.1) is 33.6 Å². The second-order valence-electron chi connectivity index (χ2n) is 6.22. The van der Waals surface area contributed by atoms with Gasteiger partial charge in [0.15, 0.2) is 0 Å². The van der Waals surface area contributed by atoms with Crippen molar-refractivity contribution in [2.45, 2.75) is 20.4 Å². The average Bonchev–Trinajstić information content (AvgIpc) is 3.13. The fourth-order valence-electron chi connectivity index (χ4n) is 2.83. The van der Waals surface area contributed by atoms with Crippen LogP contribution in [0, 0.1) is 13.8 Å². The molecule has 7 heteroatoms. The predicted octanol–water partition coefficient (Wildman–Crippen LogP) is 4.27. The van der Waals surface area contributed by atoms with Gasteiger partial charge in [-0.3, -0.25) is 9.69 Å². The number of aryl methyl sites for hydroxylation is 1. The molecule has 0 fully saturated rings. The zero-order valence-electron chi connectivity index (χ0n) is 15.0. The Hall–Kier alpha value is -2.15. The third kappa shape index (κ3) is 4.33. The van der Waals surface area contributed by atoms with Gasteiger partial charge in [-0.15, -0.1) is 11.3 Å². The number of halogens is 1. The molecule has 1 N–H and O–H groups in total. The van der Waals surface area contributed by atoms with Gasteiger partial charge < -0.3 is 5.32 Å². The van der Waals surface area contributed by atoms with E-state index in [1.54, 1.807) is 0 Å².